The number of hydrogen-bond donors (Lipinski definition) is 3. The monoisotopic (exact) mass is 316 g/mol. The number of rotatable bonds is 8. The normalized spacial score (nSPS) is 10.3. The lowest BCUT2D eigenvalue weighted by atomic mass is 10.3. The van der Waals surface area contributed by atoms with E-state index in [0.717, 1.165) is 36.5 Å². The van der Waals surface area contributed by atoms with Gasteiger partial charge in [0, 0.05) is 6.54 Å². The summed E-state index contributed by atoms with van der Waals surface area (Å²) in [4.78, 5) is 23.0. The van der Waals surface area contributed by atoms with Crippen LogP contribution >= 0.6 is 23.3 Å². The third kappa shape index (κ3) is 5.01. The number of carbonyl (C=O) groups is 2. The molecule has 1 aromatic rings. The average molecular weight is 316 g/mol. The van der Waals surface area contributed by atoms with Crippen LogP contribution in [0.3, 0.4) is 0 Å². The molecule has 0 unspecified atom stereocenters. The second-order valence-electron chi connectivity index (χ2n) is 4.10. The molecule has 1 aromatic heterocycles. The number of amides is 3. The Kier molecular flexibility index (Phi) is 7.38. The summed E-state index contributed by atoms with van der Waals surface area (Å²) in [6.07, 6.45) is 3.35. The summed E-state index contributed by atoms with van der Waals surface area (Å²) in [5, 5.41) is 6.21. The molecule has 0 radical (unpaired) electrons. The highest BCUT2D eigenvalue weighted by Crippen LogP contribution is 2.32. The van der Waals surface area contributed by atoms with Crippen LogP contribution in [0, 0.1) is 0 Å². The van der Waals surface area contributed by atoms with E-state index in [9.17, 15) is 9.59 Å². The minimum absolute atomic E-state index is 0.308. The number of nitrogens with zero attached hydrogens (tertiary/aromatic N) is 1. The van der Waals surface area contributed by atoms with Crippen LogP contribution in [0.15, 0.2) is 5.03 Å². The van der Waals surface area contributed by atoms with Crippen molar-refractivity contribution in [3.8, 4) is 0 Å². The first kappa shape index (κ1) is 16.8. The Morgan fingerprint density at radius 3 is 2.70 bits per heavy atom. The van der Waals surface area contributed by atoms with Gasteiger partial charge in [-0.3, -0.25) is 10.1 Å². The lowest BCUT2D eigenvalue weighted by Crippen LogP contribution is -2.28. The Morgan fingerprint density at radius 2 is 2.10 bits per heavy atom. The highest BCUT2D eigenvalue weighted by atomic mass is 32.2. The highest BCUT2D eigenvalue weighted by Gasteiger charge is 2.20. The number of carbonyl (C=O) groups excluding carboxylic acids is 2. The summed E-state index contributed by atoms with van der Waals surface area (Å²) >= 11 is 2.58. The number of unbranched alkanes of at least 4 members (excludes halogenated alkanes) is 2. The van der Waals surface area contributed by atoms with Crippen LogP contribution in [0.4, 0.5) is 9.80 Å². The second kappa shape index (κ2) is 8.80. The molecular formula is C12H20N4O2S2. The lowest BCUT2D eigenvalue weighted by molar-refractivity contribution is 0.0998. The van der Waals surface area contributed by atoms with E-state index in [4.69, 9.17) is 5.73 Å². The van der Waals surface area contributed by atoms with Crippen molar-refractivity contribution in [1.82, 2.24) is 9.69 Å². The molecule has 0 bridgehead atoms. The molecule has 0 aliphatic heterocycles. The number of urea groups is 1. The first-order valence-electron chi connectivity index (χ1n) is 6.57. The van der Waals surface area contributed by atoms with Gasteiger partial charge in [-0.25, -0.2) is 4.79 Å². The van der Waals surface area contributed by atoms with E-state index in [1.807, 2.05) is 6.92 Å². The number of nitrogens with two attached hydrogens (primary N) is 1. The average Bonchev–Trinajstić information content (AvgIpc) is 2.78. The van der Waals surface area contributed by atoms with E-state index in [1.165, 1.54) is 11.8 Å². The number of hydrogen-bond acceptors (Lipinski definition) is 5. The molecule has 20 heavy (non-hydrogen) atoms. The second-order valence-corrected chi connectivity index (χ2v) is 5.95. The molecule has 3 amide bonds. The van der Waals surface area contributed by atoms with Crippen LogP contribution in [-0.2, 0) is 0 Å². The highest BCUT2D eigenvalue weighted by molar-refractivity contribution is 7.99. The Hall–Kier alpha value is -1.28. The molecule has 8 heteroatoms. The fourth-order valence-electron chi connectivity index (χ4n) is 1.51. The number of anilines is 1. The molecule has 0 aromatic carbocycles. The van der Waals surface area contributed by atoms with Crippen molar-refractivity contribution >= 4 is 40.2 Å². The van der Waals surface area contributed by atoms with Gasteiger partial charge in [-0.2, -0.15) is 4.37 Å². The summed E-state index contributed by atoms with van der Waals surface area (Å²) in [6.45, 7) is 4.46. The van der Waals surface area contributed by atoms with E-state index < -0.39 is 5.91 Å². The topological polar surface area (TPSA) is 97.1 Å². The fourth-order valence-corrected chi connectivity index (χ4v) is 3.47. The molecule has 0 spiro atoms. The Morgan fingerprint density at radius 1 is 1.35 bits per heavy atom. The summed E-state index contributed by atoms with van der Waals surface area (Å²) in [6, 6.07) is -0.360. The van der Waals surface area contributed by atoms with Crippen molar-refractivity contribution in [1.29, 1.82) is 0 Å². The van der Waals surface area contributed by atoms with Gasteiger partial charge in [0.1, 0.15) is 15.6 Å². The molecule has 0 aliphatic carbocycles. The van der Waals surface area contributed by atoms with E-state index >= 15 is 0 Å². The van der Waals surface area contributed by atoms with Crippen LogP contribution in [0.5, 0.6) is 0 Å². The molecule has 0 saturated heterocycles. The Balaban J connectivity index is 2.73. The molecule has 6 nitrogen and oxygen atoms in total. The molecule has 1 heterocycles. The Bertz CT molecular complexity index is 462. The zero-order chi connectivity index (χ0) is 15.0. The van der Waals surface area contributed by atoms with E-state index in [2.05, 4.69) is 21.9 Å². The van der Waals surface area contributed by atoms with Gasteiger partial charge in [0.25, 0.3) is 5.91 Å². The summed E-state index contributed by atoms with van der Waals surface area (Å²) < 4.78 is 4.21. The molecule has 0 fully saturated rings. The SMILES string of the molecule is CCCCCSc1nsc(NC(=O)NCC)c1C(N)=O. The lowest BCUT2D eigenvalue weighted by Gasteiger charge is -2.05. The third-order valence-corrected chi connectivity index (χ3v) is 4.40. The zero-order valence-electron chi connectivity index (χ0n) is 11.7. The zero-order valence-corrected chi connectivity index (χ0v) is 13.3. The number of aromatic nitrogens is 1. The molecule has 112 valence electrons. The van der Waals surface area contributed by atoms with Gasteiger partial charge in [-0.1, -0.05) is 19.8 Å². The van der Waals surface area contributed by atoms with Crippen LogP contribution in [-0.4, -0.2) is 28.6 Å². The van der Waals surface area contributed by atoms with E-state index in [-0.39, 0.29) is 6.03 Å². The minimum Gasteiger partial charge on any atom is -0.365 e. The van der Waals surface area contributed by atoms with Crippen molar-refractivity contribution in [2.75, 3.05) is 17.6 Å². The van der Waals surface area contributed by atoms with Gasteiger partial charge >= 0.3 is 6.03 Å². The van der Waals surface area contributed by atoms with Crippen molar-refractivity contribution in [2.45, 2.75) is 38.1 Å². The molecule has 0 atom stereocenters. The van der Waals surface area contributed by atoms with Crippen LogP contribution in [0.1, 0.15) is 43.5 Å². The summed E-state index contributed by atoms with van der Waals surface area (Å²) in [7, 11) is 0. The number of nitrogens with one attached hydrogen (secondary N) is 2. The maximum atomic E-state index is 11.5. The summed E-state index contributed by atoms with van der Waals surface area (Å²) in [5.41, 5.74) is 5.69. The van der Waals surface area contributed by atoms with Crippen molar-refractivity contribution in [3.63, 3.8) is 0 Å². The predicted molar refractivity (Wildman–Crippen MR) is 83.6 cm³/mol. The van der Waals surface area contributed by atoms with Gasteiger partial charge < -0.3 is 11.1 Å². The molecule has 0 aliphatic rings. The maximum Gasteiger partial charge on any atom is 0.319 e. The largest absolute Gasteiger partial charge is 0.365 e. The number of primary amides is 1. The standard InChI is InChI=1S/C12H20N4O2S2/c1-3-5-6-7-19-11-8(9(13)17)10(20-16-11)15-12(18)14-4-2/h3-7H2,1-2H3,(H2,13,17)(H2,14,15,18). The first-order valence-corrected chi connectivity index (χ1v) is 8.33. The molecular weight excluding hydrogens is 296 g/mol. The van der Waals surface area contributed by atoms with Gasteiger partial charge in [-0.05, 0) is 30.6 Å². The maximum absolute atomic E-state index is 11.5. The molecule has 4 N–H and O–H groups in total. The molecule has 0 saturated carbocycles. The van der Waals surface area contributed by atoms with E-state index in [0.29, 0.717) is 22.1 Å². The van der Waals surface area contributed by atoms with Gasteiger partial charge in [0.05, 0.1) is 0 Å². The minimum atomic E-state index is -0.566. The van der Waals surface area contributed by atoms with Crippen LogP contribution in [0.2, 0.25) is 0 Å². The van der Waals surface area contributed by atoms with Crippen molar-refractivity contribution in [2.24, 2.45) is 5.73 Å². The predicted octanol–water partition coefficient (Wildman–Crippen LogP) is 2.67. The van der Waals surface area contributed by atoms with Crippen LogP contribution < -0.4 is 16.4 Å². The smallest absolute Gasteiger partial charge is 0.319 e. The number of thioether (sulfide) groups is 1. The van der Waals surface area contributed by atoms with Gasteiger partial charge in [0.2, 0.25) is 0 Å². The van der Waals surface area contributed by atoms with Crippen molar-refractivity contribution in [3.05, 3.63) is 5.56 Å². The summed E-state index contributed by atoms with van der Waals surface area (Å²) in [5.74, 6) is 0.321. The van der Waals surface area contributed by atoms with Gasteiger partial charge in [-0.15, -0.1) is 11.8 Å². The third-order valence-electron chi connectivity index (χ3n) is 2.46. The van der Waals surface area contributed by atoms with Crippen molar-refractivity contribution < 1.29 is 9.59 Å². The first-order chi connectivity index (χ1) is 9.60. The van der Waals surface area contributed by atoms with Crippen LogP contribution in [0.25, 0.3) is 0 Å². The molecule has 1 rings (SSSR count). The quantitative estimate of drug-likeness (QED) is 0.507. The Labute approximate surface area is 127 Å². The van der Waals surface area contributed by atoms with Gasteiger partial charge in [0.15, 0.2) is 0 Å². The van der Waals surface area contributed by atoms with E-state index in [1.54, 1.807) is 0 Å². The fraction of sp³-hybridized carbons (Fsp3) is 0.583.